The van der Waals surface area contributed by atoms with Crippen LogP contribution in [0.1, 0.15) is 26.2 Å². The largest absolute Gasteiger partial charge is 0.395 e. The molecule has 1 amide bonds. The van der Waals surface area contributed by atoms with Crippen LogP contribution in [0.15, 0.2) is 28.7 Å². The molecule has 0 aliphatic carbocycles. The van der Waals surface area contributed by atoms with Crippen molar-refractivity contribution < 1.29 is 9.90 Å². The number of carbonyl (C=O) groups is 1. The number of benzene rings is 1. The Balaban J connectivity index is 2.46. The van der Waals surface area contributed by atoms with Crippen molar-refractivity contribution in [3.63, 3.8) is 0 Å². The average Bonchev–Trinajstić information content (AvgIpc) is 2.42. The highest BCUT2D eigenvalue weighted by Gasteiger charge is 2.11. The number of para-hydroxylation sites is 1. The maximum atomic E-state index is 12.0. The number of amides is 1. The van der Waals surface area contributed by atoms with Crippen LogP contribution in [0.3, 0.4) is 0 Å². The Morgan fingerprint density at radius 1 is 1.30 bits per heavy atom. The van der Waals surface area contributed by atoms with Crippen LogP contribution in [-0.2, 0) is 4.79 Å². The molecular formula is C15H23BrN2O2. The number of nitrogens with one attached hydrogen (secondary N) is 1. The second-order valence-electron chi connectivity index (χ2n) is 4.73. The molecule has 0 aliphatic rings. The normalized spacial score (nSPS) is 10.8. The number of unbranched alkanes of at least 4 members (excludes halogenated alkanes) is 2. The van der Waals surface area contributed by atoms with Crippen LogP contribution in [0, 0.1) is 0 Å². The van der Waals surface area contributed by atoms with E-state index >= 15 is 0 Å². The quantitative estimate of drug-likeness (QED) is 0.678. The molecule has 1 aromatic carbocycles. The van der Waals surface area contributed by atoms with Crippen LogP contribution in [0.5, 0.6) is 0 Å². The number of anilines is 1. The summed E-state index contributed by atoms with van der Waals surface area (Å²) in [6.07, 6.45) is 3.35. The zero-order valence-electron chi connectivity index (χ0n) is 11.9. The minimum atomic E-state index is -0.0538. The van der Waals surface area contributed by atoms with Crippen molar-refractivity contribution in [1.82, 2.24) is 4.90 Å². The smallest absolute Gasteiger partial charge is 0.238 e. The molecule has 0 radical (unpaired) electrons. The molecular weight excluding hydrogens is 320 g/mol. The third-order valence-electron chi connectivity index (χ3n) is 3.01. The van der Waals surface area contributed by atoms with Crippen LogP contribution in [0.4, 0.5) is 5.69 Å². The minimum Gasteiger partial charge on any atom is -0.395 e. The van der Waals surface area contributed by atoms with Gasteiger partial charge < -0.3 is 10.4 Å². The van der Waals surface area contributed by atoms with Gasteiger partial charge in [-0.3, -0.25) is 9.69 Å². The van der Waals surface area contributed by atoms with Gasteiger partial charge in [0.1, 0.15) is 0 Å². The van der Waals surface area contributed by atoms with E-state index < -0.39 is 0 Å². The van der Waals surface area contributed by atoms with E-state index in [4.69, 9.17) is 5.11 Å². The number of hydrogen-bond donors (Lipinski definition) is 2. The maximum absolute atomic E-state index is 12.0. The van der Waals surface area contributed by atoms with Gasteiger partial charge in [-0.1, -0.05) is 31.9 Å². The second kappa shape index (κ2) is 9.91. The van der Waals surface area contributed by atoms with Crippen molar-refractivity contribution >= 4 is 27.5 Å². The summed E-state index contributed by atoms with van der Waals surface area (Å²) in [5.74, 6) is -0.0538. The Bertz CT molecular complexity index is 413. The first-order valence-corrected chi connectivity index (χ1v) is 7.84. The Hall–Kier alpha value is -0.910. The minimum absolute atomic E-state index is 0.0538. The van der Waals surface area contributed by atoms with Gasteiger partial charge in [-0.2, -0.15) is 0 Å². The summed E-state index contributed by atoms with van der Waals surface area (Å²) in [4.78, 5) is 14.0. The van der Waals surface area contributed by atoms with Crippen molar-refractivity contribution in [3.05, 3.63) is 28.7 Å². The van der Waals surface area contributed by atoms with Crippen LogP contribution in [0.25, 0.3) is 0 Å². The number of rotatable bonds is 9. The predicted molar refractivity (Wildman–Crippen MR) is 85.8 cm³/mol. The van der Waals surface area contributed by atoms with E-state index in [0.29, 0.717) is 13.1 Å². The van der Waals surface area contributed by atoms with E-state index in [1.165, 1.54) is 0 Å². The Kier molecular flexibility index (Phi) is 8.49. The molecule has 0 bridgehead atoms. The second-order valence-corrected chi connectivity index (χ2v) is 5.59. The van der Waals surface area contributed by atoms with E-state index in [-0.39, 0.29) is 12.5 Å². The molecule has 0 atom stereocenters. The van der Waals surface area contributed by atoms with Crippen molar-refractivity contribution in [1.29, 1.82) is 0 Å². The molecule has 0 unspecified atom stereocenters. The van der Waals surface area contributed by atoms with Gasteiger partial charge in [0.15, 0.2) is 0 Å². The fraction of sp³-hybridized carbons (Fsp3) is 0.533. The van der Waals surface area contributed by atoms with Gasteiger partial charge in [0.2, 0.25) is 5.91 Å². The molecule has 4 nitrogen and oxygen atoms in total. The first kappa shape index (κ1) is 17.1. The van der Waals surface area contributed by atoms with Gasteiger partial charge in [0, 0.05) is 11.0 Å². The first-order chi connectivity index (χ1) is 9.67. The summed E-state index contributed by atoms with van der Waals surface area (Å²) in [5, 5.41) is 11.9. The Morgan fingerprint density at radius 3 is 2.70 bits per heavy atom. The zero-order chi connectivity index (χ0) is 14.8. The number of aliphatic hydroxyl groups excluding tert-OH is 1. The number of carbonyl (C=O) groups excluding carboxylic acids is 1. The van der Waals surface area contributed by atoms with E-state index in [0.717, 1.165) is 36.0 Å². The molecule has 0 fully saturated rings. The number of hydrogen-bond acceptors (Lipinski definition) is 3. The van der Waals surface area contributed by atoms with Crippen LogP contribution in [-0.4, -0.2) is 42.2 Å². The number of halogens is 1. The average molecular weight is 343 g/mol. The summed E-state index contributed by atoms with van der Waals surface area (Å²) in [5.41, 5.74) is 0.773. The molecule has 0 aliphatic heterocycles. The molecule has 5 heteroatoms. The van der Waals surface area contributed by atoms with Gasteiger partial charge >= 0.3 is 0 Å². The monoisotopic (exact) mass is 342 g/mol. The first-order valence-electron chi connectivity index (χ1n) is 7.05. The fourth-order valence-corrected chi connectivity index (χ4v) is 2.34. The Morgan fingerprint density at radius 2 is 2.05 bits per heavy atom. The van der Waals surface area contributed by atoms with Crippen LogP contribution < -0.4 is 5.32 Å². The third-order valence-corrected chi connectivity index (χ3v) is 3.70. The molecule has 1 aromatic rings. The lowest BCUT2D eigenvalue weighted by molar-refractivity contribution is -0.117. The predicted octanol–water partition coefficient (Wildman–Crippen LogP) is 2.87. The van der Waals surface area contributed by atoms with E-state index in [2.05, 4.69) is 28.2 Å². The summed E-state index contributed by atoms with van der Waals surface area (Å²) < 4.78 is 0.869. The zero-order valence-corrected chi connectivity index (χ0v) is 13.5. The van der Waals surface area contributed by atoms with Crippen LogP contribution >= 0.6 is 15.9 Å². The molecule has 1 rings (SSSR count). The SMILES string of the molecule is CCCCCN(CCO)CC(=O)Nc1ccccc1Br. The van der Waals surface area contributed by atoms with Gasteiger partial charge in [-0.25, -0.2) is 0 Å². The number of nitrogens with zero attached hydrogens (tertiary/aromatic N) is 1. The standard InChI is InChI=1S/C15H23BrN2O2/c1-2-3-6-9-18(10-11-19)12-15(20)17-14-8-5-4-7-13(14)16/h4-5,7-8,19H,2-3,6,9-12H2,1H3,(H,17,20). The fourth-order valence-electron chi connectivity index (χ4n) is 1.95. The van der Waals surface area contributed by atoms with Crippen molar-refractivity contribution in [2.24, 2.45) is 0 Å². The van der Waals surface area contributed by atoms with Gasteiger partial charge in [0.05, 0.1) is 18.8 Å². The van der Waals surface area contributed by atoms with Crippen molar-refractivity contribution in [2.75, 3.05) is 31.6 Å². The molecule has 2 N–H and O–H groups in total. The molecule has 0 aromatic heterocycles. The van der Waals surface area contributed by atoms with Gasteiger partial charge in [-0.15, -0.1) is 0 Å². The van der Waals surface area contributed by atoms with Gasteiger partial charge in [0.25, 0.3) is 0 Å². The summed E-state index contributed by atoms with van der Waals surface area (Å²) in [6, 6.07) is 7.54. The number of aliphatic hydroxyl groups is 1. The molecule has 0 saturated heterocycles. The lowest BCUT2D eigenvalue weighted by Crippen LogP contribution is -2.36. The molecule has 20 heavy (non-hydrogen) atoms. The van der Waals surface area contributed by atoms with E-state index in [1.807, 2.05) is 29.2 Å². The highest BCUT2D eigenvalue weighted by molar-refractivity contribution is 9.10. The molecule has 0 spiro atoms. The topological polar surface area (TPSA) is 52.6 Å². The highest BCUT2D eigenvalue weighted by atomic mass is 79.9. The van der Waals surface area contributed by atoms with Crippen molar-refractivity contribution in [3.8, 4) is 0 Å². The summed E-state index contributed by atoms with van der Waals surface area (Å²) >= 11 is 3.40. The highest BCUT2D eigenvalue weighted by Crippen LogP contribution is 2.20. The molecule has 112 valence electrons. The van der Waals surface area contributed by atoms with E-state index in [9.17, 15) is 4.79 Å². The Labute approximate surface area is 129 Å². The van der Waals surface area contributed by atoms with E-state index in [1.54, 1.807) is 0 Å². The molecule has 0 saturated carbocycles. The lowest BCUT2D eigenvalue weighted by Gasteiger charge is -2.20. The van der Waals surface area contributed by atoms with Crippen LogP contribution in [0.2, 0.25) is 0 Å². The van der Waals surface area contributed by atoms with Crippen molar-refractivity contribution in [2.45, 2.75) is 26.2 Å². The third kappa shape index (κ3) is 6.50. The molecule has 0 heterocycles. The van der Waals surface area contributed by atoms with Gasteiger partial charge in [-0.05, 0) is 41.0 Å². The summed E-state index contributed by atoms with van der Waals surface area (Å²) in [6.45, 7) is 3.92. The summed E-state index contributed by atoms with van der Waals surface area (Å²) in [7, 11) is 0. The lowest BCUT2D eigenvalue weighted by atomic mass is 10.2. The maximum Gasteiger partial charge on any atom is 0.238 e.